The number of nitrogens with one attached hydrogen (secondary N) is 2. The number of thiophene rings is 1. The van der Waals surface area contributed by atoms with E-state index in [-0.39, 0.29) is 5.82 Å². The first kappa shape index (κ1) is 25.3. The zero-order chi connectivity index (χ0) is 26.4. The predicted molar refractivity (Wildman–Crippen MR) is 153 cm³/mol. The number of H-pyrrole nitrogens is 1. The van der Waals surface area contributed by atoms with E-state index < -0.39 is 0 Å². The summed E-state index contributed by atoms with van der Waals surface area (Å²) in [6.45, 7) is 15.1. The maximum atomic E-state index is 15.5. The lowest BCUT2D eigenvalue weighted by molar-refractivity contribution is 0.302. The maximum Gasteiger partial charge on any atom is 0.147 e. The van der Waals surface area contributed by atoms with Crippen LogP contribution in [0.4, 0.5) is 4.39 Å². The van der Waals surface area contributed by atoms with E-state index in [9.17, 15) is 0 Å². The largest absolute Gasteiger partial charge is 0.485 e. The monoisotopic (exact) mass is 515 g/mol. The Balaban J connectivity index is 1.50. The molecule has 3 heterocycles. The molecule has 0 aliphatic carbocycles. The summed E-state index contributed by atoms with van der Waals surface area (Å²) in [4.78, 5) is 9.24. The third-order valence-electron chi connectivity index (χ3n) is 6.83. The van der Waals surface area contributed by atoms with Gasteiger partial charge in [-0.15, -0.1) is 11.3 Å². The van der Waals surface area contributed by atoms with E-state index >= 15 is 4.39 Å². The third-order valence-corrected chi connectivity index (χ3v) is 8.02. The molecule has 1 aliphatic rings. The molecule has 37 heavy (non-hydrogen) atoms. The molecule has 4 aromatic rings. The molecule has 192 valence electrons. The maximum absolute atomic E-state index is 15.5. The van der Waals surface area contributed by atoms with Crippen molar-refractivity contribution in [2.75, 3.05) is 0 Å². The van der Waals surface area contributed by atoms with Gasteiger partial charge in [-0.25, -0.2) is 9.37 Å². The Morgan fingerprint density at radius 2 is 1.92 bits per heavy atom. The molecule has 0 saturated heterocycles. The predicted octanol–water partition coefficient (Wildman–Crippen LogP) is 9.01. The molecule has 0 amide bonds. The highest BCUT2D eigenvalue weighted by atomic mass is 32.1. The van der Waals surface area contributed by atoms with Gasteiger partial charge in [0.1, 0.15) is 29.7 Å². The second-order valence-electron chi connectivity index (χ2n) is 10.4. The molecule has 5 rings (SSSR count). The standard InChI is InChI=1S/C31H34FN3OS/c1-8-24(33-27(16(2)3)17(4)5)21-11-9-19(13-23(21)32)26-14-20-10-12-22-28-25(34-31(35-28)18(6)7)15-36-29(22)30(20)37-26/h8-14,16,18,33H,15H2,1-7H3,(H,34,35)/b24-8-. The summed E-state index contributed by atoms with van der Waals surface area (Å²) in [7, 11) is 0. The quantitative estimate of drug-likeness (QED) is 0.269. The van der Waals surface area contributed by atoms with Crippen molar-refractivity contribution in [3.05, 3.63) is 76.6 Å². The third kappa shape index (κ3) is 4.59. The van der Waals surface area contributed by atoms with Crippen LogP contribution in [-0.4, -0.2) is 9.97 Å². The van der Waals surface area contributed by atoms with E-state index in [1.54, 1.807) is 17.4 Å². The van der Waals surface area contributed by atoms with Gasteiger partial charge in [-0.3, -0.25) is 0 Å². The molecule has 2 N–H and O–H groups in total. The van der Waals surface area contributed by atoms with E-state index in [2.05, 4.69) is 70.0 Å². The molecule has 2 aromatic heterocycles. The van der Waals surface area contributed by atoms with Crippen LogP contribution >= 0.6 is 11.3 Å². The van der Waals surface area contributed by atoms with Gasteiger partial charge < -0.3 is 15.0 Å². The molecule has 0 unspecified atom stereocenters. The molecular formula is C31H34FN3OS. The number of nitrogens with zero attached hydrogens (tertiary/aromatic N) is 1. The highest BCUT2D eigenvalue weighted by Gasteiger charge is 2.25. The van der Waals surface area contributed by atoms with Gasteiger partial charge in [-0.1, -0.05) is 51.5 Å². The van der Waals surface area contributed by atoms with Crippen LogP contribution in [0, 0.1) is 11.7 Å². The smallest absolute Gasteiger partial charge is 0.147 e. The van der Waals surface area contributed by atoms with Crippen molar-refractivity contribution in [1.82, 2.24) is 15.3 Å². The molecule has 1 aliphatic heterocycles. The van der Waals surface area contributed by atoms with Crippen molar-refractivity contribution < 1.29 is 9.13 Å². The summed E-state index contributed by atoms with van der Waals surface area (Å²) in [6, 6.07) is 11.8. The lowest BCUT2D eigenvalue weighted by Crippen LogP contribution is -2.18. The number of hydrogen-bond acceptors (Lipinski definition) is 4. The molecule has 6 heteroatoms. The van der Waals surface area contributed by atoms with Crippen LogP contribution < -0.4 is 10.1 Å². The summed E-state index contributed by atoms with van der Waals surface area (Å²) < 4.78 is 22.7. The fraction of sp³-hybridized carbons (Fsp3) is 0.323. The first-order valence-corrected chi connectivity index (χ1v) is 13.7. The molecule has 0 bridgehead atoms. The zero-order valence-corrected chi connectivity index (χ0v) is 23.4. The number of allylic oxidation sites excluding steroid dienone is 3. The first-order valence-electron chi connectivity index (χ1n) is 12.9. The summed E-state index contributed by atoms with van der Waals surface area (Å²) in [5.41, 5.74) is 7.55. The fourth-order valence-electron chi connectivity index (χ4n) is 4.90. The van der Waals surface area contributed by atoms with Crippen molar-refractivity contribution in [2.45, 2.75) is 61.0 Å². The molecule has 2 aromatic carbocycles. The Kier molecular flexibility index (Phi) is 6.71. The van der Waals surface area contributed by atoms with E-state index in [0.29, 0.717) is 24.0 Å². The number of rotatable bonds is 6. The lowest BCUT2D eigenvalue weighted by atomic mass is 10.0. The van der Waals surface area contributed by atoms with Gasteiger partial charge in [0.05, 0.1) is 10.4 Å². The highest BCUT2D eigenvalue weighted by molar-refractivity contribution is 7.22. The summed E-state index contributed by atoms with van der Waals surface area (Å²) in [5, 5.41) is 4.56. The normalized spacial score (nSPS) is 13.1. The van der Waals surface area contributed by atoms with Crippen LogP contribution in [0.25, 0.3) is 37.5 Å². The van der Waals surface area contributed by atoms with E-state index in [1.807, 2.05) is 25.1 Å². The number of imidazole rings is 1. The lowest BCUT2D eigenvalue weighted by Gasteiger charge is -2.20. The Morgan fingerprint density at radius 3 is 2.57 bits per heavy atom. The number of halogens is 1. The fourth-order valence-corrected chi connectivity index (χ4v) is 6.06. The molecule has 0 fully saturated rings. The Hall–Kier alpha value is -3.38. The van der Waals surface area contributed by atoms with Crippen LogP contribution in [-0.2, 0) is 6.61 Å². The van der Waals surface area contributed by atoms with E-state index in [0.717, 1.165) is 60.4 Å². The Labute approximate surface area is 222 Å². The van der Waals surface area contributed by atoms with Crippen molar-refractivity contribution in [2.24, 2.45) is 5.92 Å². The minimum atomic E-state index is -0.242. The van der Waals surface area contributed by atoms with Gasteiger partial charge in [0.15, 0.2) is 0 Å². The van der Waals surface area contributed by atoms with Gasteiger partial charge in [0, 0.05) is 33.3 Å². The second kappa shape index (κ2) is 9.82. The van der Waals surface area contributed by atoms with Crippen molar-refractivity contribution >= 4 is 27.1 Å². The SMILES string of the molecule is C/C=C(\NC(=C(C)C)C(C)C)c1ccc(-c2cc3ccc4c(c3s2)OCc2nc(C(C)C)[nH]c2-4)cc1F. The number of ether oxygens (including phenoxy) is 1. The zero-order valence-electron chi connectivity index (χ0n) is 22.5. The highest BCUT2D eigenvalue weighted by Crippen LogP contribution is 2.46. The number of aromatic amines is 1. The van der Waals surface area contributed by atoms with E-state index in [1.165, 1.54) is 5.57 Å². The molecule has 4 nitrogen and oxygen atoms in total. The number of hydrogen-bond donors (Lipinski definition) is 2. The van der Waals surface area contributed by atoms with Crippen LogP contribution in [0.15, 0.2) is 53.7 Å². The summed E-state index contributed by atoms with van der Waals surface area (Å²) in [5.74, 6) is 2.25. The van der Waals surface area contributed by atoms with E-state index in [4.69, 9.17) is 9.72 Å². The Morgan fingerprint density at radius 1 is 1.14 bits per heavy atom. The molecule has 0 atom stereocenters. The average molecular weight is 516 g/mol. The number of fused-ring (bicyclic) bond motifs is 5. The molecule has 0 radical (unpaired) electrons. The minimum absolute atomic E-state index is 0.242. The van der Waals surface area contributed by atoms with Gasteiger partial charge in [-0.2, -0.15) is 0 Å². The number of benzene rings is 2. The molecular weight excluding hydrogens is 481 g/mol. The molecule has 0 saturated carbocycles. The topological polar surface area (TPSA) is 49.9 Å². The van der Waals surface area contributed by atoms with Gasteiger partial charge >= 0.3 is 0 Å². The first-order chi connectivity index (χ1) is 17.7. The van der Waals surface area contributed by atoms with Crippen LogP contribution in [0.5, 0.6) is 5.75 Å². The van der Waals surface area contributed by atoms with Crippen LogP contribution in [0.2, 0.25) is 0 Å². The van der Waals surface area contributed by atoms with Crippen LogP contribution in [0.1, 0.15) is 71.5 Å². The van der Waals surface area contributed by atoms with Crippen molar-refractivity contribution in [3.8, 4) is 27.4 Å². The Bertz CT molecular complexity index is 1550. The molecule has 0 spiro atoms. The second-order valence-corrected chi connectivity index (χ2v) is 11.5. The summed E-state index contributed by atoms with van der Waals surface area (Å²) >= 11 is 1.64. The van der Waals surface area contributed by atoms with Gasteiger partial charge in [-0.05, 0) is 61.9 Å². The van der Waals surface area contributed by atoms with Gasteiger partial charge in [0.25, 0.3) is 0 Å². The number of aromatic nitrogens is 2. The van der Waals surface area contributed by atoms with Crippen LogP contribution in [0.3, 0.4) is 0 Å². The van der Waals surface area contributed by atoms with Crippen molar-refractivity contribution in [3.63, 3.8) is 0 Å². The summed E-state index contributed by atoms with van der Waals surface area (Å²) in [6.07, 6.45) is 1.93. The van der Waals surface area contributed by atoms with Gasteiger partial charge in [0.2, 0.25) is 0 Å². The average Bonchev–Trinajstić information content (AvgIpc) is 3.49. The van der Waals surface area contributed by atoms with Crippen molar-refractivity contribution in [1.29, 1.82) is 0 Å². The minimum Gasteiger partial charge on any atom is -0.485 e.